The van der Waals surface area contributed by atoms with Gasteiger partial charge in [-0.25, -0.2) is 14.4 Å². The highest BCUT2D eigenvalue weighted by atomic mass is 16.8. The zero-order valence-corrected chi connectivity index (χ0v) is 28.5. The maximum Gasteiger partial charge on any atom is 0.509 e. The van der Waals surface area contributed by atoms with E-state index in [1.165, 1.54) is 6.08 Å². The van der Waals surface area contributed by atoms with E-state index in [4.69, 9.17) is 47.4 Å². The van der Waals surface area contributed by atoms with E-state index in [2.05, 4.69) is 19.7 Å². The van der Waals surface area contributed by atoms with Crippen molar-refractivity contribution >= 4 is 18.3 Å². The van der Waals surface area contributed by atoms with Crippen molar-refractivity contribution in [1.29, 1.82) is 0 Å². The highest BCUT2D eigenvalue weighted by Crippen LogP contribution is 2.32. The van der Waals surface area contributed by atoms with E-state index in [1.807, 2.05) is 13.8 Å². The molecule has 0 radical (unpaired) electrons. The Morgan fingerprint density at radius 3 is 1.54 bits per heavy atom. The van der Waals surface area contributed by atoms with E-state index in [9.17, 15) is 14.4 Å². The van der Waals surface area contributed by atoms with Crippen LogP contribution < -0.4 is 0 Å². The number of ether oxygens (including phenoxy) is 10. The van der Waals surface area contributed by atoms with Crippen LogP contribution in [0.25, 0.3) is 0 Å². The van der Waals surface area contributed by atoms with Crippen LogP contribution in [0.2, 0.25) is 0 Å². The molecule has 0 N–H and O–H groups in total. The maximum atomic E-state index is 12.7. The molecule has 2 heterocycles. The average molecular weight is 657 g/mol. The fourth-order valence-corrected chi connectivity index (χ4v) is 4.36. The van der Waals surface area contributed by atoms with Crippen LogP contribution in [0.5, 0.6) is 0 Å². The smallest absolute Gasteiger partial charge is 0.491 e. The van der Waals surface area contributed by atoms with Crippen molar-refractivity contribution in [1.82, 2.24) is 0 Å². The highest BCUT2D eigenvalue weighted by Gasteiger charge is 2.52. The normalized spacial score (nSPS) is 21.5. The van der Waals surface area contributed by atoms with E-state index in [0.29, 0.717) is 18.8 Å². The molecule has 262 valence electrons. The molecule has 0 spiro atoms. The second kappa shape index (κ2) is 16.6. The van der Waals surface area contributed by atoms with Gasteiger partial charge in [0.1, 0.15) is 48.0 Å². The Kier molecular flexibility index (Phi) is 14.1. The van der Waals surface area contributed by atoms with Gasteiger partial charge in [0.2, 0.25) is 0 Å². The Hall–Kier alpha value is -3.13. The monoisotopic (exact) mass is 656 g/mol. The summed E-state index contributed by atoms with van der Waals surface area (Å²) < 4.78 is 55.7. The van der Waals surface area contributed by atoms with Crippen LogP contribution in [-0.4, -0.2) is 105 Å². The number of carbonyl (C=O) groups is 3. The molecule has 13 heteroatoms. The highest BCUT2D eigenvalue weighted by molar-refractivity contribution is 5.78. The second-order valence-electron chi connectivity index (χ2n) is 13.3. The molecular weight excluding hydrogens is 604 g/mol. The predicted octanol–water partition coefficient (Wildman–Crippen LogP) is 5.20. The van der Waals surface area contributed by atoms with Gasteiger partial charge in [-0.2, -0.15) is 0 Å². The van der Waals surface area contributed by atoms with Crippen molar-refractivity contribution in [2.75, 3.05) is 39.6 Å². The zero-order valence-electron chi connectivity index (χ0n) is 28.5. The van der Waals surface area contributed by atoms with E-state index in [1.54, 1.807) is 47.6 Å². The molecule has 0 aliphatic carbocycles. The van der Waals surface area contributed by atoms with Crippen LogP contribution in [0.15, 0.2) is 37.6 Å². The molecule has 0 saturated carbocycles. The Balaban J connectivity index is 1.77. The fourth-order valence-electron chi connectivity index (χ4n) is 4.36. The van der Waals surface area contributed by atoms with Gasteiger partial charge in [0.05, 0.1) is 26.4 Å². The van der Waals surface area contributed by atoms with Gasteiger partial charge in [0, 0.05) is 12.8 Å². The van der Waals surface area contributed by atoms with Gasteiger partial charge in [-0.3, -0.25) is 0 Å². The van der Waals surface area contributed by atoms with Gasteiger partial charge in [-0.15, -0.1) is 0 Å². The second-order valence-corrected chi connectivity index (χ2v) is 13.3. The summed E-state index contributed by atoms with van der Waals surface area (Å²) in [6, 6.07) is 0. The Labute approximate surface area is 272 Å². The van der Waals surface area contributed by atoms with Crippen LogP contribution in [-0.2, 0) is 52.2 Å². The first-order chi connectivity index (χ1) is 21.3. The van der Waals surface area contributed by atoms with Crippen molar-refractivity contribution < 1.29 is 61.8 Å². The minimum Gasteiger partial charge on any atom is -0.491 e. The summed E-state index contributed by atoms with van der Waals surface area (Å²) in [5.41, 5.74) is -3.79. The first-order valence-corrected chi connectivity index (χ1v) is 15.3. The quantitative estimate of drug-likeness (QED) is 0.0778. The Bertz CT molecular complexity index is 993. The lowest BCUT2D eigenvalue weighted by atomic mass is 10.0. The van der Waals surface area contributed by atoms with Gasteiger partial charge in [0.15, 0.2) is 17.8 Å². The van der Waals surface area contributed by atoms with Crippen LogP contribution in [0, 0.1) is 0 Å². The molecule has 0 aromatic carbocycles. The summed E-state index contributed by atoms with van der Waals surface area (Å²) in [7, 11) is 0. The van der Waals surface area contributed by atoms with Crippen molar-refractivity contribution in [2.24, 2.45) is 0 Å². The molecule has 13 nitrogen and oxygen atoms in total. The van der Waals surface area contributed by atoms with Gasteiger partial charge in [-0.1, -0.05) is 31.9 Å². The summed E-state index contributed by atoms with van der Waals surface area (Å²) in [5.74, 6) is -0.0636. The lowest BCUT2D eigenvalue weighted by molar-refractivity contribution is -0.168. The van der Waals surface area contributed by atoms with Gasteiger partial charge < -0.3 is 47.4 Å². The Morgan fingerprint density at radius 2 is 1.11 bits per heavy atom. The molecule has 2 fully saturated rings. The number of esters is 1. The zero-order chi connectivity index (χ0) is 34.8. The van der Waals surface area contributed by atoms with Gasteiger partial charge in [0.25, 0.3) is 0 Å². The summed E-state index contributed by atoms with van der Waals surface area (Å²) >= 11 is 0. The van der Waals surface area contributed by atoms with Crippen LogP contribution in [0.1, 0.15) is 68.2 Å². The first-order valence-electron chi connectivity index (χ1n) is 15.3. The van der Waals surface area contributed by atoms with Gasteiger partial charge >= 0.3 is 18.3 Å². The molecular formula is C33H52O13. The largest absolute Gasteiger partial charge is 0.509 e. The number of hydrogen-bond donors (Lipinski definition) is 0. The average Bonchev–Trinajstić information content (AvgIpc) is 3.51. The molecule has 0 bridgehead atoms. The summed E-state index contributed by atoms with van der Waals surface area (Å²) in [6.45, 7) is 25.6. The number of carbonyl (C=O) groups excluding carboxylic acids is 3. The summed E-state index contributed by atoms with van der Waals surface area (Å²) in [5, 5.41) is 0. The number of fused-ring (bicyclic) bond motifs is 1. The standard InChI is InChI=1S/C33H52O13/c1-12-16-37-22(3)32(8,9)41-18-14-30(4,5)45-28(35)43-23-20-39-26-24(21-40-25(23)26)44-29(36)46-31(6,7)15-19-42-33(10,11)27(34)38-17-13-2/h12-13,23-26H,1-3,14-21H2,4-11H3. The van der Waals surface area contributed by atoms with Crippen LogP contribution >= 0.6 is 0 Å². The maximum absolute atomic E-state index is 12.7. The molecule has 2 aliphatic rings. The first kappa shape index (κ1) is 39.1. The SMILES string of the molecule is C=CCOC(=C)C(C)(C)OCCC(C)(C)OC(=O)OC1COC2C(OC(=O)OC(C)(C)CCOC(C)(C)C(=O)OCC=C)COC12. The minimum atomic E-state index is -1.18. The lowest BCUT2D eigenvalue weighted by Gasteiger charge is -2.30. The van der Waals surface area contributed by atoms with E-state index in [0.717, 1.165) is 0 Å². The number of rotatable bonds is 19. The molecule has 4 unspecified atom stereocenters. The van der Waals surface area contributed by atoms with Crippen molar-refractivity contribution in [3.63, 3.8) is 0 Å². The lowest BCUT2D eigenvalue weighted by Crippen LogP contribution is -2.40. The molecule has 0 aromatic rings. The van der Waals surface area contributed by atoms with Crippen molar-refractivity contribution in [2.45, 2.75) is 115 Å². The van der Waals surface area contributed by atoms with Crippen molar-refractivity contribution in [3.05, 3.63) is 37.6 Å². The molecule has 2 rings (SSSR count). The topological polar surface area (TPSA) is 144 Å². The molecule has 2 aliphatic heterocycles. The molecule has 2 saturated heterocycles. The third kappa shape index (κ3) is 12.2. The number of hydrogen-bond acceptors (Lipinski definition) is 13. The summed E-state index contributed by atoms with van der Waals surface area (Å²) in [4.78, 5) is 37.4. The van der Waals surface area contributed by atoms with Crippen LogP contribution in [0.4, 0.5) is 9.59 Å². The minimum absolute atomic E-state index is 0.0321. The predicted molar refractivity (Wildman–Crippen MR) is 166 cm³/mol. The summed E-state index contributed by atoms with van der Waals surface area (Å²) in [6.07, 6.45) is -0.879. The van der Waals surface area contributed by atoms with E-state index < -0.39 is 65.1 Å². The fraction of sp³-hybridized carbons (Fsp3) is 0.727. The third-order valence-electron chi connectivity index (χ3n) is 7.38. The van der Waals surface area contributed by atoms with Crippen molar-refractivity contribution in [3.8, 4) is 0 Å². The third-order valence-corrected chi connectivity index (χ3v) is 7.38. The molecule has 46 heavy (non-hydrogen) atoms. The molecule has 0 aromatic heterocycles. The molecule has 4 atom stereocenters. The van der Waals surface area contributed by atoms with Crippen LogP contribution in [0.3, 0.4) is 0 Å². The Morgan fingerprint density at radius 1 is 0.696 bits per heavy atom. The van der Waals surface area contributed by atoms with E-state index >= 15 is 0 Å². The van der Waals surface area contributed by atoms with Gasteiger partial charge in [-0.05, 0) is 55.4 Å². The van der Waals surface area contributed by atoms with E-state index in [-0.39, 0.29) is 39.5 Å². The molecule has 0 amide bonds.